The molecule has 0 fully saturated rings. The van der Waals surface area contributed by atoms with E-state index in [1.54, 1.807) is 30.3 Å². The summed E-state index contributed by atoms with van der Waals surface area (Å²) < 4.78 is 20.9. The molecule has 1 amide bonds. The third-order valence-corrected chi connectivity index (χ3v) is 4.02. The molecule has 0 saturated carbocycles. The number of nitriles is 1. The number of nitrogens with one attached hydrogen (secondary N) is 1. The summed E-state index contributed by atoms with van der Waals surface area (Å²) in [6.45, 7) is 1.45. The minimum atomic E-state index is -1.03. The highest BCUT2D eigenvalue weighted by Crippen LogP contribution is 2.38. The predicted octanol–water partition coefficient (Wildman–Crippen LogP) is 3.17. The number of rotatable bonds is 8. The number of esters is 1. The maximum Gasteiger partial charge on any atom is 0.331 e. The van der Waals surface area contributed by atoms with E-state index in [1.165, 1.54) is 46.5 Å². The molecule has 156 valence electrons. The molecule has 2 aromatic rings. The first-order chi connectivity index (χ1) is 14.4. The number of anilines is 1. The van der Waals surface area contributed by atoms with Crippen LogP contribution in [0.25, 0.3) is 6.08 Å². The van der Waals surface area contributed by atoms with Gasteiger partial charge in [0.1, 0.15) is 0 Å². The lowest BCUT2D eigenvalue weighted by atomic mass is 10.1. The number of amides is 1. The average molecular weight is 410 g/mol. The van der Waals surface area contributed by atoms with Crippen LogP contribution in [0, 0.1) is 11.3 Å². The second kappa shape index (κ2) is 10.5. The van der Waals surface area contributed by atoms with Crippen molar-refractivity contribution in [3.8, 4) is 23.3 Å². The number of carbonyl (C=O) groups is 2. The minimum absolute atomic E-state index is 0.408. The highest BCUT2D eigenvalue weighted by atomic mass is 16.5. The van der Waals surface area contributed by atoms with Crippen LogP contribution in [-0.2, 0) is 14.3 Å². The lowest BCUT2D eigenvalue weighted by molar-refractivity contribution is -0.148. The van der Waals surface area contributed by atoms with Crippen molar-refractivity contribution in [2.45, 2.75) is 13.0 Å². The Kier molecular flexibility index (Phi) is 7.82. The average Bonchev–Trinajstić information content (AvgIpc) is 2.76. The van der Waals surface area contributed by atoms with Gasteiger partial charge in [-0.25, -0.2) is 4.79 Å². The summed E-state index contributed by atoms with van der Waals surface area (Å²) in [6.07, 6.45) is 1.67. The Labute approximate surface area is 174 Å². The van der Waals surface area contributed by atoms with Gasteiger partial charge in [-0.1, -0.05) is 6.07 Å². The minimum Gasteiger partial charge on any atom is -0.493 e. The standard InChI is InChI=1S/C22H22N2O6/c1-14(22(26)24-17-7-5-6-16(10-17)13-23)30-20(25)9-8-15-11-18(27-2)21(29-4)19(12-15)28-3/h5-12,14H,1-4H3,(H,24,26)/b9-8+/t14-/m1/s1. The van der Waals surface area contributed by atoms with Crippen LogP contribution in [0.15, 0.2) is 42.5 Å². The van der Waals surface area contributed by atoms with Crippen molar-refractivity contribution in [1.82, 2.24) is 0 Å². The fourth-order valence-corrected chi connectivity index (χ4v) is 2.54. The molecule has 1 N–H and O–H groups in total. The Bertz CT molecular complexity index is 968. The summed E-state index contributed by atoms with van der Waals surface area (Å²) in [5.41, 5.74) is 1.47. The molecule has 8 nitrogen and oxygen atoms in total. The fourth-order valence-electron chi connectivity index (χ4n) is 2.54. The predicted molar refractivity (Wildman–Crippen MR) is 110 cm³/mol. The van der Waals surface area contributed by atoms with Gasteiger partial charge in [-0.2, -0.15) is 5.26 Å². The Balaban J connectivity index is 2.03. The van der Waals surface area contributed by atoms with E-state index in [1.807, 2.05) is 6.07 Å². The van der Waals surface area contributed by atoms with E-state index in [0.29, 0.717) is 34.1 Å². The number of benzene rings is 2. The van der Waals surface area contributed by atoms with Crippen LogP contribution >= 0.6 is 0 Å². The summed E-state index contributed by atoms with van der Waals surface area (Å²) in [4.78, 5) is 24.3. The van der Waals surface area contributed by atoms with Crippen molar-refractivity contribution in [3.05, 3.63) is 53.6 Å². The largest absolute Gasteiger partial charge is 0.493 e. The van der Waals surface area contributed by atoms with E-state index >= 15 is 0 Å². The topological polar surface area (TPSA) is 107 Å². The first-order valence-corrected chi connectivity index (χ1v) is 8.91. The quantitative estimate of drug-likeness (QED) is 0.526. The van der Waals surface area contributed by atoms with Crippen molar-refractivity contribution >= 4 is 23.6 Å². The summed E-state index contributed by atoms with van der Waals surface area (Å²) in [5, 5.41) is 11.5. The smallest absolute Gasteiger partial charge is 0.331 e. The molecule has 30 heavy (non-hydrogen) atoms. The molecule has 0 saturated heterocycles. The van der Waals surface area contributed by atoms with E-state index in [2.05, 4.69) is 5.32 Å². The van der Waals surface area contributed by atoms with Gasteiger partial charge in [-0.05, 0) is 48.9 Å². The molecule has 0 unspecified atom stereocenters. The second-order valence-corrected chi connectivity index (χ2v) is 6.05. The number of hydrogen-bond acceptors (Lipinski definition) is 7. The van der Waals surface area contributed by atoms with Gasteiger partial charge in [0.05, 0.1) is 33.0 Å². The van der Waals surface area contributed by atoms with Gasteiger partial charge in [0.25, 0.3) is 5.91 Å². The van der Waals surface area contributed by atoms with E-state index in [0.717, 1.165) is 0 Å². The number of methoxy groups -OCH3 is 3. The van der Waals surface area contributed by atoms with Crippen molar-refractivity contribution in [2.75, 3.05) is 26.6 Å². The lowest BCUT2D eigenvalue weighted by Gasteiger charge is -2.13. The monoisotopic (exact) mass is 410 g/mol. The van der Waals surface area contributed by atoms with Gasteiger partial charge >= 0.3 is 5.97 Å². The molecular formula is C22H22N2O6. The highest BCUT2D eigenvalue weighted by Gasteiger charge is 2.17. The van der Waals surface area contributed by atoms with E-state index < -0.39 is 18.0 Å². The molecule has 0 radical (unpaired) electrons. The Morgan fingerprint density at radius 1 is 1.07 bits per heavy atom. The van der Waals surface area contributed by atoms with Crippen molar-refractivity contribution in [3.63, 3.8) is 0 Å². The number of ether oxygens (including phenoxy) is 4. The maximum atomic E-state index is 12.2. The van der Waals surface area contributed by atoms with Gasteiger partial charge < -0.3 is 24.3 Å². The van der Waals surface area contributed by atoms with Crippen molar-refractivity contribution in [2.24, 2.45) is 0 Å². The van der Waals surface area contributed by atoms with E-state index in [-0.39, 0.29) is 0 Å². The SMILES string of the molecule is COc1cc(/C=C/C(=O)O[C@H](C)C(=O)Nc2cccc(C#N)c2)cc(OC)c1OC. The van der Waals surface area contributed by atoms with Gasteiger partial charge in [-0.15, -0.1) is 0 Å². The van der Waals surface area contributed by atoms with Gasteiger partial charge in [0.2, 0.25) is 5.75 Å². The molecule has 0 aliphatic rings. The molecule has 0 heterocycles. The van der Waals surface area contributed by atoms with Crippen LogP contribution in [0.2, 0.25) is 0 Å². The maximum absolute atomic E-state index is 12.2. The molecule has 8 heteroatoms. The van der Waals surface area contributed by atoms with Crippen LogP contribution in [0.5, 0.6) is 17.2 Å². The normalized spacial score (nSPS) is 11.3. The molecule has 0 aromatic heterocycles. The molecule has 2 rings (SSSR count). The number of carbonyl (C=O) groups excluding carboxylic acids is 2. The van der Waals surface area contributed by atoms with Crippen LogP contribution in [0.4, 0.5) is 5.69 Å². The lowest BCUT2D eigenvalue weighted by Crippen LogP contribution is -2.29. The summed E-state index contributed by atoms with van der Waals surface area (Å²) >= 11 is 0. The summed E-state index contributed by atoms with van der Waals surface area (Å²) in [7, 11) is 4.48. The first-order valence-electron chi connectivity index (χ1n) is 8.91. The molecule has 0 aliphatic carbocycles. The van der Waals surface area contributed by atoms with Crippen LogP contribution in [0.3, 0.4) is 0 Å². The number of hydrogen-bond donors (Lipinski definition) is 1. The van der Waals surface area contributed by atoms with Gasteiger partial charge in [-0.3, -0.25) is 4.79 Å². The molecule has 0 aliphatic heterocycles. The van der Waals surface area contributed by atoms with E-state index in [4.69, 9.17) is 24.2 Å². The highest BCUT2D eigenvalue weighted by molar-refractivity contribution is 5.96. The van der Waals surface area contributed by atoms with Gasteiger partial charge in [0.15, 0.2) is 17.6 Å². The van der Waals surface area contributed by atoms with Crippen LogP contribution in [0.1, 0.15) is 18.1 Å². The zero-order valence-corrected chi connectivity index (χ0v) is 17.1. The third kappa shape index (κ3) is 5.75. The Morgan fingerprint density at radius 2 is 1.73 bits per heavy atom. The molecule has 2 aromatic carbocycles. The molecular weight excluding hydrogens is 388 g/mol. The Morgan fingerprint density at radius 3 is 2.30 bits per heavy atom. The van der Waals surface area contributed by atoms with E-state index in [9.17, 15) is 9.59 Å². The third-order valence-electron chi connectivity index (χ3n) is 4.02. The zero-order valence-electron chi connectivity index (χ0n) is 17.1. The fraction of sp³-hybridized carbons (Fsp3) is 0.227. The summed E-state index contributed by atoms with van der Waals surface area (Å²) in [6, 6.07) is 11.7. The van der Waals surface area contributed by atoms with Crippen LogP contribution in [-0.4, -0.2) is 39.3 Å². The molecule has 0 spiro atoms. The second-order valence-electron chi connectivity index (χ2n) is 6.05. The van der Waals surface area contributed by atoms with Crippen LogP contribution < -0.4 is 19.5 Å². The molecule has 1 atom stereocenters. The Hall–Kier alpha value is -3.99. The molecule has 0 bridgehead atoms. The zero-order chi connectivity index (χ0) is 22.1. The first kappa shape index (κ1) is 22.3. The van der Waals surface area contributed by atoms with Crippen molar-refractivity contribution in [1.29, 1.82) is 5.26 Å². The van der Waals surface area contributed by atoms with Gasteiger partial charge in [0, 0.05) is 11.8 Å². The number of nitrogens with zero attached hydrogens (tertiary/aromatic N) is 1. The van der Waals surface area contributed by atoms with Crippen molar-refractivity contribution < 1.29 is 28.5 Å². The summed E-state index contributed by atoms with van der Waals surface area (Å²) in [5.74, 6) is 0.108.